The van der Waals surface area contributed by atoms with Gasteiger partial charge >= 0.3 is 0 Å². The Labute approximate surface area is 169 Å². The number of hydrogen-bond acceptors (Lipinski definition) is 5. The van der Waals surface area contributed by atoms with E-state index in [0.717, 1.165) is 29.0 Å². The summed E-state index contributed by atoms with van der Waals surface area (Å²) in [6.07, 6.45) is 2.62. The van der Waals surface area contributed by atoms with Gasteiger partial charge in [-0.05, 0) is 54.8 Å². The molecule has 1 saturated heterocycles. The lowest BCUT2D eigenvalue weighted by Gasteiger charge is -2.14. The van der Waals surface area contributed by atoms with E-state index < -0.39 is 0 Å². The zero-order chi connectivity index (χ0) is 19.2. The Hall–Kier alpha value is -2.31. The molecule has 4 nitrogen and oxygen atoms in total. The molecule has 2 aromatic rings. The molecule has 140 valence electrons. The zero-order valence-electron chi connectivity index (χ0n) is 15.3. The first-order valence-corrected chi connectivity index (χ1v) is 9.94. The normalized spacial score (nSPS) is 15.5. The van der Waals surface area contributed by atoms with Crippen molar-refractivity contribution in [1.29, 1.82) is 0 Å². The molecule has 2 aromatic carbocycles. The molecule has 0 unspecified atom stereocenters. The van der Waals surface area contributed by atoms with E-state index >= 15 is 0 Å². The average molecular weight is 400 g/mol. The van der Waals surface area contributed by atoms with Gasteiger partial charge in [-0.2, -0.15) is 0 Å². The molecule has 0 atom stereocenters. The lowest BCUT2D eigenvalue weighted by Crippen LogP contribution is -2.30. The molecule has 1 amide bonds. The highest BCUT2D eigenvalue weighted by Crippen LogP contribution is 2.33. The Morgan fingerprint density at radius 3 is 2.37 bits per heavy atom. The van der Waals surface area contributed by atoms with Crippen molar-refractivity contribution in [2.45, 2.75) is 13.3 Å². The number of ether oxygens (including phenoxy) is 2. The van der Waals surface area contributed by atoms with E-state index in [9.17, 15) is 4.79 Å². The minimum atomic E-state index is -0.0348. The van der Waals surface area contributed by atoms with Gasteiger partial charge < -0.3 is 9.47 Å². The molecular formula is C21H21NO3S2. The molecule has 6 heteroatoms. The van der Waals surface area contributed by atoms with Crippen LogP contribution >= 0.6 is 24.0 Å². The predicted molar refractivity (Wildman–Crippen MR) is 114 cm³/mol. The molecule has 0 saturated carbocycles. The number of thioether (sulfide) groups is 1. The van der Waals surface area contributed by atoms with Crippen molar-refractivity contribution < 1.29 is 14.3 Å². The van der Waals surface area contributed by atoms with Gasteiger partial charge in [-0.25, -0.2) is 0 Å². The quantitative estimate of drug-likeness (QED) is 0.505. The van der Waals surface area contributed by atoms with Gasteiger partial charge in [-0.15, -0.1) is 0 Å². The predicted octanol–water partition coefficient (Wildman–Crippen LogP) is 4.54. The molecule has 1 heterocycles. The smallest absolute Gasteiger partial charge is 0.266 e. The minimum absolute atomic E-state index is 0.0348. The number of rotatable bonds is 7. The van der Waals surface area contributed by atoms with Crippen LogP contribution in [0.3, 0.4) is 0 Å². The van der Waals surface area contributed by atoms with Gasteiger partial charge in [-0.3, -0.25) is 9.69 Å². The fourth-order valence-electron chi connectivity index (χ4n) is 2.70. The van der Waals surface area contributed by atoms with Gasteiger partial charge in [0.25, 0.3) is 5.91 Å². The number of hydrogen-bond donors (Lipinski definition) is 0. The molecule has 1 aliphatic heterocycles. The molecule has 0 aliphatic carbocycles. The lowest BCUT2D eigenvalue weighted by atomic mass is 10.1. The summed E-state index contributed by atoms with van der Waals surface area (Å²) in [6.45, 7) is 3.15. The molecule has 0 bridgehead atoms. The van der Waals surface area contributed by atoms with Crippen LogP contribution < -0.4 is 9.47 Å². The summed E-state index contributed by atoms with van der Waals surface area (Å²) in [5.41, 5.74) is 2.09. The first-order valence-electron chi connectivity index (χ1n) is 8.72. The summed E-state index contributed by atoms with van der Waals surface area (Å²) in [7, 11) is 1.64. The van der Waals surface area contributed by atoms with Crippen LogP contribution in [-0.2, 0) is 11.2 Å². The number of benzene rings is 2. The van der Waals surface area contributed by atoms with Crippen molar-refractivity contribution in [1.82, 2.24) is 4.90 Å². The third-order valence-electron chi connectivity index (χ3n) is 4.15. The van der Waals surface area contributed by atoms with E-state index in [4.69, 9.17) is 21.7 Å². The van der Waals surface area contributed by atoms with E-state index in [1.807, 2.05) is 61.5 Å². The van der Waals surface area contributed by atoms with Crippen LogP contribution in [0.1, 0.15) is 18.1 Å². The van der Waals surface area contributed by atoms with E-state index in [0.29, 0.717) is 22.4 Å². The second-order valence-corrected chi connectivity index (χ2v) is 7.61. The fourth-order valence-corrected chi connectivity index (χ4v) is 4.01. The molecule has 0 spiro atoms. The van der Waals surface area contributed by atoms with Gasteiger partial charge in [0.2, 0.25) is 0 Å². The summed E-state index contributed by atoms with van der Waals surface area (Å²) < 4.78 is 11.2. The zero-order valence-corrected chi connectivity index (χ0v) is 16.9. The third kappa shape index (κ3) is 4.90. The molecule has 0 aromatic heterocycles. The molecule has 1 fully saturated rings. The van der Waals surface area contributed by atoms with Crippen LogP contribution in [0.25, 0.3) is 6.08 Å². The maximum absolute atomic E-state index is 12.7. The van der Waals surface area contributed by atoms with Gasteiger partial charge in [-0.1, -0.05) is 48.2 Å². The van der Waals surface area contributed by atoms with E-state index in [1.54, 1.807) is 12.0 Å². The van der Waals surface area contributed by atoms with Crippen molar-refractivity contribution >= 4 is 40.3 Å². The van der Waals surface area contributed by atoms with Crippen LogP contribution in [0.2, 0.25) is 0 Å². The molecule has 1 aliphatic rings. The molecular weight excluding hydrogens is 378 g/mol. The first kappa shape index (κ1) is 19.5. The maximum atomic E-state index is 12.7. The van der Waals surface area contributed by atoms with Crippen LogP contribution in [0, 0.1) is 0 Å². The Morgan fingerprint density at radius 2 is 1.74 bits per heavy atom. The number of methoxy groups -OCH3 is 1. The van der Waals surface area contributed by atoms with Gasteiger partial charge in [0.15, 0.2) is 0 Å². The summed E-state index contributed by atoms with van der Waals surface area (Å²) in [6, 6.07) is 15.5. The average Bonchev–Trinajstić information content (AvgIpc) is 2.95. The Bertz CT molecular complexity index is 845. The minimum Gasteiger partial charge on any atom is -0.497 e. The van der Waals surface area contributed by atoms with Crippen molar-refractivity contribution in [3.05, 3.63) is 64.6 Å². The Balaban J connectivity index is 1.64. The van der Waals surface area contributed by atoms with Gasteiger partial charge in [0.1, 0.15) is 15.8 Å². The number of nitrogens with zero attached hydrogens (tertiary/aromatic N) is 1. The second kappa shape index (κ2) is 9.06. The standard InChI is InChI=1S/C21H21NO3S2/c1-3-25-18-10-6-16(7-11-18)14-19-20(23)22(21(26)27-19)13-12-15-4-8-17(24-2)9-5-15/h4-11,14H,3,12-13H2,1-2H3. The fraction of sp³-hybridized carbons (Fsp3) is 0.238. The lowest BCUT2D eigenvalue weighted by molar-refractivity contribution is -0.122. The highest BCUT2D eigenvalue weighted by Gasteiger charge is 2.31. The number of carbonyl (C=O) groups excluding carboxylic acids is 1. The summed E-state index contributed by atoms with van der Waals surface area (Å²) >= 11 is 6.76. The summed E-state index contributed by atoms with van der Waals surface area (Å²) in [4.78, 5) is 15.0. The van der Waals surface area contributed by atoms with E-state index in [2.05, 4.69) is 0 Å². The number of carbonyl (C=O) groups is 1. The van der Waals surface area contributed by atoms with E-state index in [-0.39, 0.29) is 5.91 Å². The topological polar surface area (TPSA) is 38.8 Å². The molecule has 3 rings (SSSR count). The van der Waals surface area contributed by atoms with Crippen LogP contribution in [0.4, 0.5) is 0 Å². The van der Waals surface area contributed by atoms with Crippen LogP contribution in [0.5, 0.6) is 11.5 Å². The first-order chi connectivity index (χ1) is 13.1. The second-order valence-electron chi connectivity index (χ2n) is 5.93. The van der Waals surface area contributed by atoms with Crippen LogP contribution in [0.15, 0.2) is 53.4 Å². The highest BCUT2D eigenvalue weighted by atomic mass is 32.2. The largest absolute Gasteiger partial charge is 0.497 e. The summed E-state index contributed by atoms with van der Waals surface area (Å²) in [5, 5.41) is 0. The van der Waals surface area contributed by atoms with Crippen molar-refractivity contribution in [3.63, 3.8) is 0 Å². The maximum Gasteiger partial charge on any atom is 0.266 e. The van der Waals surface area contributed by atoms with Crippen molar-refractivity contribution in [2.24, 2.45) is 0 Å². The number of amides is 1. The van der Waals surface area contributed by atoms with Gasteiger partial charge in [0, 0.05) is 6.54 Å². The Morgan fingerprint density at radius 1 is 1.07 bits per heavy atom. The summed E-state index contributed by atoms with van der Waals surface area (Å²) in [5.74, 6) is 1.61. The third-order valence-corrected chi connectivity index (χ3v) is 5.52. The monoisotopic (exact) mass is 399 g/mol. The molecule has 0 N–H and O–H groups in total. The Kier molecular flexibility index (Phi) is 6.53. The van der Waals surface area contributed by atoms with Crippen molar-refractivity contribution in [2.75, 3.05) is 20.3 Å². The van der Waals surface area contributed by atoms with E-state index in [1.165, 1.54) is 11.8 Å². The molecule has 0 radical (unpaired) electrons. The van der Waals surface area contributed by atoms with Crippen LogP contribution in [-0.4, -0.2) is 35.4 Å². The molecule has 27 heavy (non-hydrogen) atoms. The SMILES string of the molecule is CCOc1ccc(C=C2SC(=S)N(CCc3ccc(OC)cc3)C2=O)cc1. The highest BCUT2D eigenvalue weighted by molar-refractivity contribution is 8.26. The van der Waals surface area contributed by atoms with Gasteiger partial charge in [0.05, 0.1) is 18.6 Å². The van der Waals surface area contributed by atoms with Crippen molar-refractivity contribution in [3.8, 4) is 11.5 Å². The number of thiocarbonyl (C=S) groups is 1.